The van der Waals surface area contributed by atoms with Crippen LogP contribution in [0.25, 0.3) is 17.0 Å². The predicted octanol–water partition coefficient (Wildman–Crippen LogP) is 3.53. The van der Waals surface area contributed by atoms with E-state index >= 15 is 0 Å². The van der Waals surface area contributed by atoms with Crippen molar-refractivity contribution in [1.82, 2.24) is 19.8 Å². The third kappa shape index (κ3) is 4.61. The molecule has 2 N–H and O–H groups in total. The van der Waals surface area contributed by atoms with E-state index in [1.165, 1.54) is 0 Å². The van der Waals surface area contributed by atoms with Crippen LogP contribution in [0.1, 0.15) is 17.0 Å². The van der Waals surface area contributed by atoms with Crippen LogP contribution in [0.15, 0.2) is 48.5 Å². The molecule has 1 aliphatic heterocycles. The summed E-state index contributed by atoms with van der Waals surface area (Å²) >= 11 is 6.15. The minimum Gasteiger partial charge on any atom is -0.383 e. The van der Waals surface area contributed by atoms with E-state index in [-0.39, 0.29) is 5.91 Å². The fourth-order valence-corrected chi connectivity index (χ4v) is 3.72. The lowest BCUT2D eigenvalue weighted by atomic mass is 10.1. The Morgan fingerprint density at radius 1 is 1.13 bits per heavy atom. The van der Waals surface area contributed by atoms with E-state index in [4.69, 9.17) is 17.3 Å². The normalized spacial score (nSPS) is 15.2. The van der Waals surface area contributed by atoms with Gasteiger partial charge in [0.05, 0.1) is 12.1 Å². The minimum absolute atomic E-state index is 0.0116. The van der Waals surface area contributed by atoms with Gasteiger partial charge in [0.1, 0.15) is 11.6 Å². The molecule has 0 spiro atoms. The third-order valence-electron chi connectivity index (χ3n) is 5.34. The number of carbonyl (C=O) groups is 1. The largest absolute Gasteiger partial charge is 0.383 e. The summed E-state index contributed by atoms with van der Waals surface area (Å²) in [5.74, 6) is 1.23. The second-order valence-corrected chi connectivity index (χ2v) is 7.89. The first-order valence-corrected chi connectivity index (χ1v) is 10.3. The van der Waals surface area contributed by atoms with E-state index in [2.05, 4.69) is 14.9 Å². The van der Waals surface area contributed by atoms with Crippen molar-refractivity contribution in [2.45, 2.75) is 13.5 Å². The molecule has 30 heavy (non-hydrogen) atoms. The number of carbonyl (C=O) groups excluding carboxylic acids is 1. The van der Waals surface area contributed by atoms with Crippen molar-refractivity contribution >= 4 is 40.3 Å². The van der Waals surface area contributed by atoms with E-state index in [1.54, 1.807) is 6.08 Å². The van der Waals surface area contributed by atoms with Crippen molar-refractivity contribution in [3.63, 3.8) is 0 Å². The van der Waals surface area contributed by atoms with E-state index in [0.717, 1.165) is 35.1 Å². The van der Waals surface area contributed by atoms with Gasteiger partial charge >= 0.3 is 0 Å². The van der Waals surface area contributed by atoms with Crippen LogP contribution in [0.3, 0.4) is 0 Å². The lowest BCUT2D eigenvalue weighted by Crippen LogP contribution is -2.48. The van der Waals surface area contributed by atoms with Gasteiger partial charge in [0.2, 0.25) is 5.91 Å². The van der Waals surface area contributed by atoms with Crippen molar-refractivity contribution in [3.05, 3.63) is 70.5 Å². The van der Waals surface area contributed by atoms with E-state index < -0.39 is 0 Å². The highest BCUT2D eigenvalue weighted by atomic mass is 35.5. The molecule has 2 aromatic carbocycles. The molecule has 1 saturated heterocycles. The number of piperazine rings is 1. The van der Waals surface area contributed by atoms with Crippen LogP contribution in [0.2, 0.25) is 5.02 Å². The quantitative estimate of drug-likeness (QED) is 0.652. The number of hydrogen-bond acceptors (Lipinski definition) is 5. The smallest absolute Gasteiger partial charge is 0.246 e. The van der Waals surface area contributed by atoms with Crippen molar-refractivity contribution in [2.75, 3.05) is 31.9 Å². The summed E-state index contributed by atoms with van der Waals surface area (Å²) in [7, 11) is 0. The third-order valence-corrected chi connectivity index (χ3v) is 5.75. The number of nitrogens with two attached hydrogens (primary N) is 1. The Morgan fingerprint density at radius 2 is 1.90 bits per heavy atom. The lowest BCUT2D eigenvalue weighted by Gasteiger charge is -2.33. The number of benzene rings is 2. The molecule has 0 unspecified atom stereocenters. The van der Waals surface area contributed by atoms with Crippen molar-refractivity contribution in [3.8, 4) is 0 Å². The zero-order chi connectivity index (χ0) is 21.1. The van der Waals surface area contributed by atoms with Gasteiger partial charge in [-0.15, -0.1) is 0 Å². The highest BCUT2D eigenvalue weighted by molar-refractivity contribution is 6.31. The molecule has 0 aliphatic carbocycles. The maximum Gasteiger partial charge on any atom is 0.246 e. The van der Waals surface area contributed by atoms with Crippen LogP contribution < -0.4 is 5.73 Å². The number of nitrogen functional groups attached to an aromatic ring is 1. The number of anilines is 1. The Kier molecular flexibility index (Phi) is 5.97. The van der Waals surface area contributed by atoms with Gasteiger partial charge in [0.25, 0.3) is 0 Å². The topological polar surface area (TPSA) is 75.4 Å². The maximum atomic E-state index is 12.5. The van der Waals surface area contributed by atoms with E-state index in [9.17, 15) is 4.79 Å². The van der Waals surface area contributed by atoms with Crippen LogP contribution in [-0.2, 0) is 11.3 Å². The molecule has 4 rings (SSSR count). The fraction of sp³-hybridized carbons (Fsp3) is 0.261. The van der Waals surface area contributed by atoms with Gasteiger partial charge in [-0.25, -0.2) is 9.97 Å². The number of aryl methyl sites for hydroxylation is 1. The van der Waals surface area contributed by atoms with E-state index in [0.29, 0.717) is 36.3 Å². The van der Waals surface area contributed by atoms with Gasteiger partial charge in [0.15, 0.2) is 0 Å². The average molecular weight is 422 g/mol. The standard InChI is InChI=1S/C23H24ClN5O/c1-16-6-7-17(14-19(16)24)8-9-22(30)29-12-10-28(11-13-29)15-21-26-20-5-3-2-4-18(20)23(25)27-21/h2-9,14H,10-13,15H2,1H3,(H2,25,26,27)/b9-8+. The van der Waals surface area contributed by atoms with Gasteiger partial charge in [-0.2, -0.15) is 0 Å². The zero-order valence-electron chi connectivity index (χ0n) is 16.9. The Bertz CT molecular complexity index is 1110. The first kappa shape index (κ1) is 20.3. The molecule has 3 aromatic rings. The second kappa shape index (κ2) is 8.81. The van der Waals surface area contributed by atoms with E-state index in [1.807, 2.05) is 60.4 Å². The average Bonchev–Trinajstić information content (AvgIpc) is 2.75. The highest BCUT2D eigenvalue weighted by Crippen LogP contribution is 2.19. The summed E-state index contributed by atoms with van der Waals surface area (Å²) in [4.78, 5) is 25.7. The monoisotopic (exact) mass is 421 g/mol. The minimum atomic E-state index is 0.0116. The van der Waals surface area contributed by atoms with Gasteiger partial charge < -0.3 is 10.6 Å². The predicted molar refractivity (Wildman–Crippen MR) is 121 cm³/mol. The molecule has 1 aliphatic rings. The van der Waals surface area contributed by atoms with Crippen LogP contribution in [0.4, 0.5) is 5.82 Å². The van der Waals surface area contributed by atoms with Crippen molar-refractivity contribution in [1.29, 1.82) is 0 Å². The molecule has 0 saturated carbocycles. The molecule has 6 nitrogen and oxygen atoms in total. The van der Waals surface area contributed by atoms with Crippen LogP contribution >= 0.6 is 11.6 Å². The lowest BCUT2D eigenvalue weighted by molar-refractivity contribution is -0.127. The number of aromatic nitrogens is 2. The number of fused-ring (bicyclic) bond motifs is 1. The molecule has 1 fully saturated rings. The first-order chi connectivity index (χ1) is 14.5. The first-order valence-electron chi connectivity index (χ1n) is 9.96. The van der Waals surface area contributed by atoms with Gasteiger partial charge in [-0.05, 0) is 42.3 Å². The fourth-order valence-electron chi connectivity index (χ4n) is 3.53. The Morgan fingerprint density at radius 3 is 2.67 bits per heavy atom. The molecular formula is C23H24ClN5O. The molecule has 1 amide bonds. The zero-order valence-corrected chi connectivity index (χ0v) is 17.6. The molecule has 0 atom stereocenters. The number of halogens is 1. The Balaban J connectivity index is 1.34. The SMILES string of the molecule is Cc1ccc(/C=C/C(=O)N2CCN(Cc3nc(N)c4ccccc4n3)CC2)cc1Cl. The maximum absolute atomic E-state index is 12.5. The number of nitrogens with zero attached hydrogens (tertiary/aromatic N) is 4. The van der Waals surface area contributed by atoms with Crippen molar-refractivity contribution < 1.29 is 4.79 Å². The number of para-hydroxylation sites is 1. The summed E-state index contributed by atoms with van der Waals surface area (Å²) in [6.45, 7) is 5.45. The summed E-state index contributed by atoms with van der Waals surface area (Å²) in [6.07, 6.45) is 3.43. The highest BCUT2D eigenvalue weighted by Gasteiger charge is 2.20. The molecule has 7 heteroatoms. The summed E-state index contributed by atoms with van der Waals surface area (Å²) in [6, 6.07) is 13.5. The molecular weight excluding hydrogens is 398 g/mol. The van der Waals surface area contributed by atoms with Gasteiger partial charge in [0, 0.05) is 42.7 Å². The van der Waals surface area contributed by atoms with Crippen LogP contribution in [0, 0.1) is 6.92 Å². The molecule has 0 bridgehead atoms. The molecule has 1 aromatic heterocycles. The second-order valence-electron chi connectivity index (χ2n) is 7.49. The van der Waals surface area contributed by atoms with Gasteiger partial charge in [-0.1, -0.05) is 35.9 Å². The molecule has 2 heterocycles. The van der Waals surface area contributed by atoms with Crippen LogP contribution in [-0.4, -0.2) is 51.9 Å². The Hall–Kier alpha value is -2.96. The number of rotatable bonds is 4. The summed E-state index contributed by atoms with van der Waals surface area (Å²) in [5, 5.41) is 1.58. The Labute approximate surface area is 181 Å². The number of hydrogen-bond donors (Lipinski definition) is 1. The van der Waals surface area contributed by atoms with Crippen LogP contribution in [0.5, 0.6) is 0 Å². The number of amides is 1. The summed E-state index contributed by atoms with van der Waals surface area (Å²) in [5.41, 5.74) is 8.88. The molecule has 154 valence electrons. The molecule has 0 radical (unpaired) electrons. The summed E-state index contributed by atoms with van der Waals surface area (Å²) < 4.78 is 0. The van der Waals surface area contributed by atoms with Crippen molar-refractivity contribution in [2.24, 2.45) is 0 Å². The van der Waals surface area contributed by atoms with Gasteiger partial charge in [-0.3, -0.25) is 9.69 Å².